The summed E-state index contributed by atoms with van der Waals surface area (Å²) < 4.78 is 5.01. The maximum absolute atomic E-state index is 5.01. The minimum Gasteiger partial charge on any atom is -0.497 e. The van der Waals surface area contributed by atoms with Gasteiger partial charge in [-0.2, -0.15) is 9.90 Å². The lowest BCUT2D eigenvalue weighted by Gasteiger charge is -1.99. The third kappa shape index (κ3) is 3.18. The molecule has 1 rings (SSSR count). The molecule has 0 aliphatic carbocycles. The van der Waals surface area contributed by atoms with Crippen LogP contribution in [0.15, 0.2) is 24.3 Å². The van der Waals surface area contributed by atoms with Gasteiger partial charge in [0.25, 0.3) is 0 Å². The van der Waals surface area contributed by atoms with Crippen molar-refractivity contribution >= 4 is 19.1 Å². The molecule has 0 aliphatic heterocycles. The molecule has 0 fully saturated rings. The molecule has 2 atom stereocenters. The summed E-state index contributed by atoms with van der Waals surface area (Å²) in [5, 5.41) is 0. The first-order chi connectivity index (χ1) is 4.86. The first kappa shape index (κ1) is 10.9. The zero-order chi connectivity index (χ0) is 7.40. The van der Waals surface area contributed by atoms with Crippen LogP contribution in [0, 0.1) is 0 Å². The summed E-state index contributed by atoms with van der Waals surface area (Å²) in [4.78, 5) is 0. The van der Waals surface area contributed by atoms with Crippen molar-refractivity contribution in [3.8, 4) is 5.75 Å². The van der Waals surface area contributed by atoms with Crippen LogP contribution in [0.5, 0.6) is 5.75 Å². The van der Waals surface area contributed by atoms with E-state index < -0.39 is 0 Å². The molecule has 0 N–H and O–H groups in total. The van der Waals surface area contributed by atoms with Gasteiger partial charge in [-0.05, 0) is 23.9 Å². The van der Waals surface area contributed by atoms with Crippen LogP contribution >= 0.6 is 19.1 Å². The average Bonchev–Trinajstić information content (AvgIpc) is 2.05. The average molecular weight is 188 g/mol. The van der Waals surface area contributed by atoms with Crippen LogP contribution in [0.4, 0.5) is 0 Å². The Bertz CT molecular complexity index is 173. The molecule has 0 amide bonds. The Balaban J connectivity index is 0.000001000. The molecule has 0 bridgehead atoms. The SMILES string of the molecule is COc1ccc(CP)cc1.P. The van der Waals surface area contributed by atoms with Crippen LogP contribution in [0.2, 0.25) is 0 Å². The van der Waals surface area contributed by atoms with E-state index in [0.29, 0.717) is 0 Å². The molecule has 0 aliphatic rings. The highest BCUT2D eigenvalue weighted by molar-refractivity contribution is 7.15. The van der Waals surface area contributed by atoms with Crippen molar-refractivity contribution in [3.63, 3.8) is 0 Å². The Hall–Kier alpha value is -0.120. The van der Waals surface area contributed by atoms with Crippen molar-refractivity contribution < 1.29 is 4.74 Å². The quantitative estimate of drug-likeness (QED) is 0.646. The molecule has 0 saturated carbocycles. The molecule has 0 saturated heterocycles. The third-order valence-electron chi connectivity index (χ3n) is 1.39. The summed E-state index contributed by atoms with van der Waals surface area (Å²) in [6.45, 7) is 0. The van der Waals surface area contributed by atoms with Crippen molar-refractivity contribution in [2.75, 3.05) is 7.11 Å². The van der Waals surface area contributed by atoms with E-state index in [-0.39, 0.29) is 9.90 Å². The lowest BCUT2D eigenvalue weighted by atomic mass is 10.2. The van der Waals surface area contributed by atoms with Crippen LogP contribution in [-0.2, 0) is 6.16 Å². The second-order valence-corrected chi connectivity index (χ2v) is 2.46. The zero-order valence-corrected chi connectivity index (χ0v) is 9.28. The lowest BCUT2D eigenvalue weighted by molar-refractivity contribution is 0.414. The molecule has 2 unspecified atom stereocenters. The van der Waals surface area contributed by atoms with E-state index in [9.17, 15) is 0 Å². The number of hydrogen-bond acceptors (Lipinski definition) is 1. The van der Waals surface area contributed by atoms with Crippen molar-refractivity contribution in [1.29, 1.82) is 0 Å². The Morgan fingerprint density at radius 1 is 1.27 bits per heavy atom. The third-order valence-corrected chi connectivity index (χ3v) is 1.87. The molecular formula is C8H14OP2. The molecule has 11 heavy (non-hydrogen) atoms. The van der Waals surface area contributed by atoms with Crippen LogP contribution in [-0.4, -0.2) is 7.11 Å². The summed E-state index contributed by atoms with van der Waals surface area (Å²) in [5.74, 6) is 0.919. The highest BCUT2D eigenvalue weighted by Crippen LogP contribution is 2.12. The lowest BCUT2D eigenvalue weighted by Crippen LogP contribution is -1.82. The minimum atomic E-state index is 0. The van der Waals surface area contributed by atoms with E-state index >= 15 is 0 Å². The topological polar surface area (TPSA) is 9.23 Å². The van der Waals surface area contributed by atoms with Crippen LogP contribution in [0.25, 0.3) is 0 Å². The molecule has 1 aromatic rings. The van der Waals surface area contributed by atoms with Gasteiger partial charge in [0, 0.05) is 0 Å². The van der Waals surface area contributed by atoms with E-state index in [4.69, 9.17) is 4.74 Å². The fourth-order valence-electron chi connectivity index (χ4n) is 0.762. The van der Waals surface area contributed by atoms with Gasteiger partial charge in [0.15, 0.2) is 0 Å². The van der Waals surface area contributed by atoms with Gasteiger partial charge in [0.1, 0.15) is 5.75 Å². The van der Waals surface area contributed by atoms with E-state index in [0.717, 1.165) is 11.9 Å². The zero-order valence-electron chi connectivity index (χ0n) is 6.71. The Labute approximate surface area is 73.4 Å². The molecule has 0 heterocycles. The molecule has 1 nitrogen and oxygen atoms in total. The largest absolute Gasteiger partial charge is 0.497 e. The monoisotopic (exact) mass is 188 g/mol. The maximum Gasteiger partial charge on any atom is 0.118 e. The van der Waals surface area contributed by atoms with E-state index in [1.165, 1.54) is 5.56 Å². The predicted molar refractivity (Wildman–Crippen MR) is 57.5 cm³/mol. The van der Waals surface area contributed by atoms with Gasteiger partial charge >= 0.3 is 0 Å². The van der Waals surface area contributed by atoms with Gasteiger partial charge in [-0.1, -0.05) is 12.1 Å². The molecule has 0 radical (unpaired) electrons. The Kier molecular flexibility index (Phi) is 5.46. The molecule has 1 aromatic carbocycles. The van der Waals surface area contributed by atoms with Crippen molar-refractivity contribution in [1.82, 2.24) is 0 Å². The number of rotatable bonds is 2. The fourth-order valence-corrected chi connectivity index (χ4v) is 1.03. The second-order valence-electron chi connectivity index (χ2n) is 2.05. The summed E-state index contributed by atoms with van der Waals surface area (Å²) in [6.07, 6.45) is 1.00. The number of benzene rings is 1. The minimum absolute atomic E-state index is 0. The Morgan fingerprint density at radius 2 is 1.82 bits per heavy atom. The number of ether oxygens (including phenoxy) is 1. The van der Waals surface area contributed by atoms with Crippen LogP contribution < -0.4 is 4.74 Å². The normalized spacial score (nSPS) is 8.55. The fraction of sp³-hybridized carbons (Fsp3) is 0.250. The summed E-state index contributed by atoms with van der Waals surface area (Å²) in [6, 6.07) is 8.07. The predicted octanol–water partition coefficient (Wildman–Crippen LogP) is 2.13. The smallest absolute Gasteiger partial charge is 0.118 e. The maximum atomic E-state index is 5.01. The van der Waals surface area contributed by atoms with Crippen molar-refractivity contribution in [2.24, 2.45) is 0 Å². The highest BCUT2D eigenvalue weighted by Gasteiger charge is 1.89. The Morgan fingerprint density at radius 3 is 2.18 bits per heavy atom. The van der Waals surface area contributed by atoms with Crippen molar-refractivity contribution in [3.05, 3.63) is 29.8 Å². The van der Waals surface area contributed by atoms with E-state index in [2.05, 4.69) is 21.4 Å². The van der Waals surface area contributed by atoms with E-state index in [1.54, 1.807) is 7.11 Å². The van der Waals surface area contributed by atoms with E-state index in [1.807, 2.05) is 12.1 Å². The summed E-state index contributed by atoms with van der Waals surface area (Å²) in [5.41, 5.74) is 1.31. The molecule has 0 spiro atoms. The standard InChI is InChI=1S/C8H11OP.H3P/c1-9-8-4-2-7(6-10)3-5-8;/h2-5H,6,10H2,1H3;1H3. The highest BCUT2D eigenvalue weighted by atomic mass is 31.0. The first-order valence-corrected chi connectivity index (χ1v) is 4.01. The van der Waals surface area contributed by atoms with Crippen LogP contribution in [0.1, 0.15) is 5.56 Å². The van der Waals surface area contributed by atoms with Gasteiger partial charge in [0.2, 0.25) is 0 Å². The second kappa shape index (κ2) is 5.52. The molecule has 3 heteroatoms. The molecule has 0 aromatic heterocycles. The van der Waals surface area contributed by atoms with Gasteiger partial charge < -0.3 is 4.74 Å². The van der Waals surface area contributed by atoms with Gasteiger partial charge in [0.05, 0.1) is 7.11 Å². The van der Waals surface area contributed by atoms with Gasteiger partial charge in [-0.25, -0.2) is 0 Å². The van der Waals surface area contributed by atoms with Gasteiger partial charge in [-0.15, -0.1) is 9.24 Å². The number of hydrogen-bond donors (Lipinski definition) is 0. The summed E-state index contributed by atoms with van der Waals surface area (Å²) >= 11 is 0. The number of methoxy groups -OCH3 is 1. The van der Waals surface area contributed by atoms with Crippen molar-refractivity contribution in [2.45, 2.75) is 6.16 Å². The molecule has 62 valence electrons. The summed E-state index contributed by atoms with van der Waals surface area (Å²) in [7, 11) is 4.36. The molecular weight excluding hydrogens is 174 g/mol. The first-order valence-electron chi connectivity index (χ1n) is 3.20. The van der Waals surface area contributed by atoms with Crippen LogP contribution in [0.3, 0.4) is 0 Å². The van der Waals surface area contributed by atoms with Gasteiger partial charge in [-0.3, -0.25) is 0 Å².